The van der Waals surface area contributed by atoms with Gasteiger partial charge in [-0.05, 0) is 17.5 Å². The molecule has 0 heterocycles. The quantitative estimate of drug-likeness (QED) is 0.760. The van der Waals surface area contributed by atoms with Gasteiger partial charge in [0.15, 0.2) is 0 Å². The average Bonchev–Trinajstić information content (AvgIpc) is 2.55. The number of aliphatic hydroxyl groups excluding tert-OH is 1. The number of nitrogens with zero attached hydrogens (tertiary/aromatic N) is 1. The van der Waals surface area contributed by atoms with Crippen LogP contribution in [0.25, 0.3) is 0 Å². The molecule has 0 saturated heterocycles. The van der Waals surface area contributed by atoms with Crippen LogP contribution in [0.4, 0.5) is 0 Å². The summed E-state index contributed by atoms with van der Waals surface area (Å²) >= 11 is 0. The first-order chi connectivity index (χ1) is 11.3. The molecule has 0 aromatic heterocycles. The summed E-state index contributed by atoms with van der Waals surface area (Å²) in [6.45, 7) is 5.34. The highest BCUT2D eigenvalue weighted by molar-refractivity contribution is 5.42. The van der Waals surface area contributed by atoms with Gasteiger partial charge in [0.2, 0.25) is 0 Å². The molecule has 2 aromatic rings. The SMILES string of the molecule is CCC(O)C(c1ccccc1)(c1ccccc1)C(C)C[N+](C)(C)C. The van der Waals surface area contributed by atoms with Crippen molar-refractivity contribution in [1.29, 1.82) is 0 Å². The van der Waals surface area contributed by atoms with Gasteiger partial charge in [-0.2, -0.15) is 0 Å². The second-order valence-corrected chi connectivity index (χ2v) is 7.90. The average molecular weight is 327 g/mol. The fourth-order valence-corrected chi connectivity index (χ4v) is 4.16. The van der Waals surface area contributed by atoms with Crippen LogP contribution in [0, 0.1) is 5.92 Å². The van der Waals surface area contributed by atoms with E-state index in [4.69, 9.17) is 0 Å². The summed E-state index contributed by atoms with van der Waals surface area (Å²) in [4.78, 5) is 0. The first-order valence-electron chi connectivity index (χ1n) is 8.92. The highest BCUT2D eigenvalue weighted by Crippen LogP contribution is 2.44. The molecule has 24 heavy (non-hydrogen) atoms. The lowest BCUT2D eigenvalue weighted by Gasteiger charge is -2.45. The maximum Gasteiger partial charge on any atom is 0.0819 e. The number of hydrogen-bond acceptors (Lipinski definition) is 1. The van der Waals surface area contributed by atoms with Gasteiger partial charge in [-0.25, -0.2) is 0 Å². The summed E-state index contributed by atoms with van der Waals surface area (Å²) in [6, 6.07) is 21.1. The highest BCUT2D eigenvalue weighted by Gasteiger charge is 2.46. The van der Waals surface area contributed by atoms with Crippen LogP contribution in [-0.2, 0) is 5.41 Å². The van der Waals surface area contributed by atoms with E-state index in [0.29, 0.717) is 0 Å². The Labute approximate surface area is 147 Å². The Morgan fingerprint density at radius 2 is 1.29 bits per heavy atom. The van der Waals surface area contributed by atoms with Gasteiger partial charge in [0.1, 0.15) is 0 Å². The van der Waals surface area contributed by atoms with Gasteiger partial charge in [-0.15, -0.1) is 0 Å². The van der Waals surface area contributed by atoms with Crippen molar-refractivity contribution in [2.24, 2.45) is 5.92 Å². The largest absolute Gasteiger partial charge is 0.392 e. The Kier molecular flexibility index (Phi) is 5.84. The minimum Gasteiger partial charge on any atom is -0.392 e. The molecule has 2 unspecified atom stereocenters. The summed E-state index contributed by atoms with van der Waals surface area (Å²) < 4.78 is 0.874. The van der Waals surface area contributed by atoms with E-state index in [1.165, 1.54) is 11.1 Å². The molecule has 0 radical (unpaired) electrons. The van der Waals surface area contributed by atoms with E-state index in [-0.39, 0.29) is 5.92 Å². The fourth-order valence-electron chi connectivity index (χ4n) is 4.16. The van der Waals surface area contributed by atoms with Crippen molar-refractivity contribution in [1.82, 2.24) is 0 Å². The molecule has 0 bridgehead atoms. The van der Waals surface area contributed by atoms with E-state index in [0.717, 1.165) is 17.4 Å². The van der Waals surface area contributed by atoms with Crippen LogP contribution in [0.5, 0.6) is 0 Å². The van der Waals surface area contributed by atoms with Crippen molar-refractivity contribution in [3.05, 3.63) is 71.8 Å². The summed E-state index contributed by atoms with van der Waals surface area (Å²) in [7, 11) is 6.65. The Balaban J connectivity index is 2.70. The molecule has 0 aliphatic rings. The molecule has 2 heteroatoms. The molecule has 0 amide bonds. The Hall–Kier alpha value is -1.64. The van der Waals surface area contributed by atoms with E-state index < -0.39 is 11.5 Å². The summed E-state index contributed by atoms with van der Waals surface area (Å²) in [5, 5.41) is 11.2. The van der Waals surface area contributed by atoms with E-state index in [1.54, 1.807) is 0 Å². The van der Waals surface area contributed by atoms with Crippen molar-refractivity contribution < 1.29 is 9.59 Å². The van der Waals surface area contributed by atoms with E-state index in [1.807, 2.05) is 12.1 Å². The third-order valence-electron chi connectivity index (χ3n) is 5.01. The van der Waals surface area contributed by atoms with Crippen LogP contribution in [0.2, 0.25) is 0 Å². The lowest BCUT2D eigenvalue weighted by Crippen LogP contribution is -2.52. The fraction of sp³-hybridized carbons (Fsp3) is 0.455. The molecular formula is C22H32NO+. The van der Waals surface area contributed by atoms with Gasteiger partial charge in [0, 0.05) is 5.92 Å². The number of quaternary nitrogens is 1. The van der Waals surface area contributed by atoms with Crippen molar-refractivity contribution >= 4 is 0 Å². The zero-order valence-electron chi connectivity index (χ0n) is 15.7. The minimum absolute atomic E-state index is 0.289. The van der Waals surface area contributed by atoms with Crippen molar-refractivity contribution in [3.8, 4) is 0 Å². The second kappa shape index (κ2) is 7.50. The summed E-state index contributed by atoms with van der Waals surface area (Å²) in [6.07, 6.45) is 0.300. The van der Waals surface area contributed by atoms with Gasteiger partial charge in [0.25, 0.3) is 0 Å². The van der Waals surface area contributed by atoms with Gasteiger partial charge in [-0.1, -0.05) is 74.5 Å². The number of hydrogen-bond donors (Lipinski definition) is 1. The first-order valence-corrected chi connectivity index (χ1v) is 8.92. The summed E-state index contributed by atoms with van der Waals surface area (Å²) in [5.74, 6) is 0.289. The highest BCUT2D eigenvalue weighted by atomic mass is 16.3. The molecule has 2 atom stereocenters. The predicted molar refractivity (Wildman–Crippen MR) is 102 cm³/mol. The maximum absolute atomic E-state index is 11.2. The normalized spacial score (nSPS) is 15.1. The van der Waals surface area contributed by atoms with Crippen LogP contribution in [0.3, 0.4) is 0 Å². The van der Waals surface area contributed by atoms with Crippen LogP contribution >= 0.6 is 0 Å². The molecule has 2 aromatic carbocycles. The zero-order chi connectivity index (χ0) is 17.8. The molecular weight excluding hydrogens is 294 g/mol. The zero-order valence-corrected chi connectivity index (χ0v) is 15.7. The third-order valence-corrected chi connectivity index (χ3v) is 5.01. The van der Waals surface area contributed by atoms with E-state index in [2.05, 4.69) is 83.5 Å². The van der Waals surface area contributed by atoms with Crippen molar-refractivity contribution in [2.75, 3.05) is 27.7 Å². The van der Waals surface area contributed by atoms with Gasteiger partial charge < -0.3 is 9.59 Å². The molecule has 0 aliphatic carbocycles. The van der Waals surface area contributed by atoms with Crippen LogP contribution in [-0.4, -0.2) is 43.4 Å². The lowest BCUT2D eigenvalue weighted by atomic mass is 9.62. The monoisotopic (exact) mass is 326 g/mol. The van der Waals surface area contributed by atoms with E-state index >= 15 is 0 Å². The predicted octanol–water partition coefficient (Wildman–Crippen LogP) is 4.09. The van der Waals surface area contributed by atoms with Gasteiger partial charge in [0.05, 0.1) is 39.2 Å². The van der Waals surface area contributed by atoms with Crippen molar-refractivity contribution in [3.63, 3.8) is 0 Å². The minimum atomic E-state index is -0.427. The Morgan fingerprint density at radius 3 is 1.62 bits per heavy atom. The Morgan fingerprint density at radius 1 is 0.875 bits per heavy atom. The second-order valence-electron chi connectivity index (χ2n) is 7.90. The maximum atomic E-state index is 11.2. The van der Waals surface area contributed by atoms with Crippen LogP contribution in [0.1, 0.15) is 31.4 Å². The van der Waals surface area contributed by atoms with Crippen molar-refractivity contribution in [2.45, 2.75) is 31.8 Å². The summed E-state index contributed by atoms with van der Waals surface area (Å²) in [5.41, 5.74) is 2.00. The molecule has 0 saturated carbocycles. The van der Waals surface area contributed by atoms with Crippen LogP contribution < -0.4 is 0 Å². The molecule has 0 spiro atoms. The van der Waals surface area contributed by atoms with Gasteiger partial charge >= 0.3 is 0 Å². The molecule has 0 fully saturated rings. The third kappa shape index (κ3) is 3.71. The number of aliphatic hydroxyl groups is 1. The molecule has 0 aliphatic heterocycles. The lowest BCUT2D eigenvalue weighted by molar-refractivity contribution is -0.874. The molecule has 1 N–H and O–H groups in total. The van der Waals surface area contributed by atoms with Gasteiger partial charge in [-0.3, -0.25) is 0 Å². The first kappa shape index (κ1) is 18.7. The Bertz CT molecular complexity index is 576. The molecule has 2 nitrogen and oxygen atoms in total. The van der Waals surface area contributed by atoms with E-state index in [9.17, 15) is 5.11 Å². The molecule has 130 valence electrons. The standard InChI is InChI=1S/C22H32NO/c1-6-21(24)22(18(2)17-23(3,4)5,19-13-9-7-10-14-19)20-15-11-8-12-16-20/h7-16,18,21,24H,6,17H2,1-5H3/q+1. The topological polar surface area (TPSA) is 20.2 Å². The molecule has 2 rings (SSSR count). The number of rotatable bonds is 7. The smallest absolute Gasteiger partial charge is 0.0819 e. The number of benzene rings is 2. The van der Waals surface area contributed by atoms with Crippen LogP contribution in [0.15, 0.2) is 60.7 Å².